The van der Waals surface area contributed by atoms with E-state index in [0.29, 0.717) is 11.6 Å². The van der Waals surface area contributed by atoms with Gasteiger partial charge in [0.05, 0.1) is 45.2 Å². The molecule has 0 aliphatic heterocycles. The van der Waals surface area contributed by atoms with Gasteiger partial charge in [0.15, 0.2) is 11.6 Å². The van der Waals surface area contributed by atoms with Gasteiger partial charge in [-0.1, -0.05) is 388 Å². The molecule has 0 atom stereocenters. The van der Waals surface area contributed by atoms with Crippen molar-refractivity contribution < 1.29 is 0 Å². The second-order valence-electron chi connectivity index (χ2n) is 29.5. The Kier molecular flexibility index (Phi) is 17.5. The largest absolute Gasteiger partial charge is 0.247 e. The van der Waals surface area contributed by atoms with Crippen molar-refractivity contribution >= 4 is 86.4 Å². The lowest BCUT2D eigenvalue weighted by Crippen LogP contribution is -1.96. The van der Waals surface area contributed by atoms with Gasteiger partial charge in [-0.15, -0.1) is 0 Å². The quantitative estimate of drug-likeness (QED) is 0.113. The van der Waals surface area contributed by atoms with Crippen molar-refractivity contribution in [3.8, 4) is 135 Å². The van der Waals surface area contributed by atoms with Gasteiger partial charge in [-0.2, -0.15) is 0 Å². The number of pyridine rings is 2. The topological polar surface area (TPSA) is 77.3 Å². The van der Waals surface area contributed by atoms with E-state index in [1.807, 2.05) is 72.8 Å². The molecule has 0 aliphatic carbocycles. The second kappa shape index (κ2) is 29.6. The van der Waals surface area contributed by atoms with E-state index in [2.05, 4.69) is 352 Å². The van der Waals surface area contributed by atoms with Crippen molar-refractivity contribution in [2.45, 2.75) is 0 Å². The number of hydrogen-bond acceptors (Lipinski definition) is 6. The summed E-state index contributed by atoms with van der Waals surface area (Å²) < 4.78 is 0. The highest BCUT2D eigenvalue weighted by molar-refractivity contribution is 6.20. The molecule has 0 unspecified atom stereocenters. The number of hydrogen-bond donors (Lipinski definition) is 0. The van der Waals surface area contributed by atoms with Gasteiger partial charge >= 0.3 is 0 Å². The molecule has 18 aromatic carbocycles. The van der Waals surface area contributed by atoms with E-state index >= 15 is 0 Å². The molecular weight excluding hydrogens is 1410 g/mol. The van der Waals surface area contributed by atoms with Gasteiger partial charge in [-0.3, -0.25) is 0 Å². The summed E-state index contributed by atoms with van der Waals surface area (Å²) in [7, 11) is 0. The molecule has 6 heteroatoms. The van der Waals surface area contributed by atoms with Crippen LogP contribution in [0.15, 0.2) is 425 Å². The van der Waals surface area contributed by atoms with Crippen LogP contribution in [0.1, 0.15) is 0 Å². The number of fused-ring (bicyclic) bond motifs is 10. The van der Waals surface area contributed by atoms with Crippen LogP contribution in [0, 0.1) is 0 Å². The van der Waals surface area contributed by atoms with Crippen LogP contribution in [0.4, 0.5) is 0 Å². The summed E-state index contributed by atoms with van der Waals surface area (Å²) in [5.74, 6) is 1.40. The molecule has 0 saturated carbocycles. The normalized spacial score (nSPS) is 11.4. The summed E-state index contributed by atoms with van der Waals surface area (Å²) in [5, 5.41) is 16.4. The fourth-order valence-electron chi connectivity index (χ4n) is 16.9. The van der Waals surface area contributed by atoms with E-state index in [1.54, 1.807) is 0 Å². The molecule has 0 radical (unpaired) electrons. The molecule has 540 valence electrons. The third-order valence-corrected chi connectivity index (χ3v) is 22.6. The van der Waals surface area contributed by atoms with Crippen molar-refractivity contribution in [3.05, 3.63) is 425 Å². The molecule has 0 saturated heterocycles. The summed E-state index contributed by atoms with van der Waals surface area (Å²) in [6.45, 7) is 0. The number of aromatic nitrogens is 6. The van der Waals surface area contributed by atoms with E-state index in [0.717, 1.165) is 155 Å². The van der Waals surface area contributed by atoms with E-state index in [-0.39, 0.29) is 0 Å². The third kappa shape index (κ3) is 12.8. The zero-order chi connectivity index (χ0) is 76.8. The maximum atomic E-state index is 5.53. The summed E-state index contributed by atoms with van der Waals surface area (Å²) in [6.07, 6.45) is 0. The molecule has 0 fully saturated rings. The molecule has 6 nitrogen and oxygen atoms in total. The summed E-state index contributed by atoms with van der Waals surface area (Å²) >= 11 is 0. The summed E-state index contributed by atoms with van der Waals surface area (Å²) in [4.78, 5) is 31.3. The average Bonchev–Trinajstić information content (AvgIpc) is 0.736. The SMILES string of the molecule is c1ccc(-c2cc(-c3ccc(-c4cc5c(-c6cccc7ccccc67)cc(-c6cccc7ccccc67)nc5c5ccccc45)cc3)nc(-c3ccccc3)n2)cc1.c1ccc(-c2cc(-c3ccccc3)nc(-c3ccc(-c4cc5c(-c6cccc7ccccc67)cc(-c6cccc7ccccc67)nc5c5ccccc45)cc3)n2)cc1. The molecule has 0 amide bonds. The van der Waals surface area contributed by atoms with Crippen LogP contribution in [0.2, 0.25) is 0 Å². The van der Waals surface area contributed by atoms with Gasteiger partial charge in [0.2, 0.25) is 0 Å². The fraction of sp³-hybridized carbons (Fsp3) is 0. The van der Waals surface area contributed by atoms with Crippen LogP contribution in [0.5, 0.6) is 0 Å². The molecular formula is C110H70N6. The molecule has 0 N–H and O–H groups in total. The first-order valence-electron chi connectivity index (χ1n) is 39.4. The first-order chi connectivity index (χ1) is 57.5. The van der Waals surface area contributed by atoms with E-state index < -0.39 is 0 Å². The third-order valence-electron chi connectivity index (χ3n) is 22.6. The molecule has 116 heavy (non-hydrogen) atoms. The monoisotopic (exact) mass is 1470 g/mol. The van der Waals surface area contributed by atoms with Gasteiger partial charge in [-0.25, -0.2) is 29.9 Å². The highest BCUT2D eigenvalue weighted by atomic mass is 14.9. The predicted octanol–water partition coefficient (Wildman–Crippen LogP) is 29.0. The standard InChI is InChI=1S/2C55H35N3/c1-3-17-39(18-4-1)51-35-52(58-55(57-51)41-19-5-2-6-20-41)40-31-29-38(30-32-40)48-33-50-49(44-27-13-21-36-15-7-9-23-42(36)44)34-53(56-54(50)47-26-12-11-25-45(47)48)46-28-14-22-37-16-8-10-24-43(37)46;1-3-17-39(18-4-1)51-35-52(40-19-5-2-6-20-40)58-55(57-51)41-31-29-38(30-32-41)48-33-50-49(44-27-13-21-36-15-7-9-23-42(36)44)34-53(56-54(50)47-26-12-11-25-45(47)48)46-28-14-22-37-16-8-10-24-43(37)46/h2*1-35H. The Bertz CT molecular complexity index is 6950. The number of benzene rings is 18. The Morgan fingerprint density at radius 2 is 0.371 bits per heavy atom. The summed E-state index contributed by atoms with van der Waals surface area (Å²) in [5.41, 5.74) is 25.1. The van der Waals surface area contributed by atoms with E-state index in [4.69, 9.17) is 29.9 Å². The van der Waals surface area contributed by atoms with E-state index in [1.165, 1.54) is 54.2 Å². The summed E-state index contributed by atoms with van der Waals surface area (Å²) in [6, 6.07) is 150. The Morgan fingerprint density at radius 1 is 0.121 bits per heavy atom. The average molecular weight is 1480 g/mol. The number of rotatable bonds is 12. The molecule has 0 bridgehead atoms. The highest BCUT2D eigenvalue weighted by Crippen LogP contribution is 2.47. The van der Waals surface area contributed by atoms with Gasteiger partial charge in [0, 0.05) is 66.1 Å². The lowest BCUT2D eigenvalue weighted by atomic mass is 9.89. The Balaban J connectivity index is 0.000000145. The van der Waals surface area contributed by atoms with Gasteiger partial charge in [0.25, 0.3) is 0 Å². The minimum absolute atomic E-state index is 0.693. The van der Waals surface area contributed by atoms with Crippen LogP contribution in [-0.2, 0) is 0 Å². The lowest BCUT2D eigenvalue weighted by Gasteiger charge is -2.17. The van der Waals surface area contributed by atoms with E-state index in [9.17, 15) is 0 Å². The second-order valence-corrected chi connectivity index (χ2v) is 29.5. The molecule has 0 spiro atoms. The van der Waals surface area contributed by atoms with Crippen molar-refractivity contribution in [2.75, 3.05) is 0 Å². The molecule has 22 rings (SSSR count). The van der Waals surface area contributed by atoms with Crippen LogP contribution in [-0.4, -0.2) is 29.9 Å². The van der Waals surface area contributed by atoms with Crippen LogP contribution in [0.25, 0.3) is 221 Å². The zero-order valence-corrected chi connectivity index (χ0v) is 63.1. The lowest BCUT2D eigenvalue weighted by molar-refractivity contribution is 1.18. The molecule has 0 aliphatic rings. The fourth-order valence-corrected chi connectivity index (χ4v) is 16.9. The molecule has 4 aromatic heterocycles. The maximum absolute atomic E-state index is 5.53. The maximum Gasteiger partial charge on any atom is 0.160 e. The molecule has 4 heterocycles. The van der Waals surface area contributed by atoms with Crippen molar-refractivity contribution in [1.82, 2.24) is 29.9 Å². The first kappa shape index (κ1) is 68.5. The zero-order valence-electron chi connectivity index (χ0n) is 63.1. The minimum atomic E-state index is 0.693. The van der Waals surface area contributed by atoms with Gasteiger partial charge in [-0.05, 0) is 135 Å². The Hall–Kier alpha value is -15.5. The minimum Gasteiger partial charge on any atom is -0.247 e. The van der Waals surface area contributed by atoms with Crippen LogP contribution >= 0.6 is 0 Å². The van der Waals surface area contributed by atoms with Crippen LogP contribution < -0.4 is 0 Å². The Morgan fingerprint density at radius 3 is 0.724 bits per heavy atom. The molecule has 22 aromatic rings. The van der Waals surface area contributed by atoms with Crippen molar-refractivity contribution in [2.24, 2.45) is 0 Å². The van der Waals surface area contributed by atoms with Gasteiger partial charge < -0.3 is 0 Å². The smallest absolute Gasteiger partial charge is 0.160 e. The van der Waals surface area contributed by atoms with Crippen molar-refractivity contribution in [1.29, 1.82) is 0 Å². The highest BCUT2D eigenvalue weighted by Gasteiger charge is 2.23. The van der Waals surface area contributed by atoms with Crippen molar-refractivity contribution in [3.63, 3.8) is 0 Å². The predicted molar refractivity (Wildman–Crippen MR) is 485 cm³/mol. The van der Waals surface area contributed by atoms with Crippen LogP contribution in [0.3, 0.4) is 0 Å². The van der Waals surface area contributed by atoms with Gasteiger partial charge in [0.1, 0.15) is 0 Å². The Labute approximate surface area is 671 Å². The first-order valence-corrected chi connectivity index (χ1v) is 39.4. The number of nitrogens with zero attached hydrogens (tertiary/aromatic N) is 6.